The van der Waals surface area contributed by atoms with E-state index in [1.807, 2.05) is 27.7 Å². The third-order valence-electron chi connectivity index (χ3n) is 7.40. The lowest BCUT2D eigenvalue weighted by Crippen LogP contribution is -2.29. The summed E-state index contributed by atoms with van der Waals surface area (Å²) in [6.07, 6.45) is -5.85. The summed E-state index contributed by atoms with van der Waals surface area (Å²) in [6.45, 7) is 28.1. The summed E-state index contributed by atoms with van der Waals surface area (Å²) >= 11 is 0. The van der Waals surface area contributed by atoms with Crippen molar-refractivity contribution in [2.45, 2.75) is 80.6 Å². The van der Waals surface area contributed by atoms with Crippen LogP contribution < -0.4 is 21.5 Å². The number of hydrogen-bond acceptors (Lipinski definition) is 6. The summed E-state index contributed by atoms with van der Waals surface area (Å²) in [5.74, 6) is -0.353. The van der Waals surface area contributed by atoms with Crippen LogP contribution in [0, 0.1) is 23.7 Å². The normalized spacial score (nSPS) is 17.5. The monoisotopic (exact) mass is 778 g/mol. The van der Waals surface area contributed by atoms with Gasteiger partial charge in [-0.3, -0.25) is 10.9 Å². The Morgan fingerprint density at radius 1 is 0.463 bits per heavy atom. The van der Waals surface area contributed by atoms with Crippen molar-refractivity contribution in [3.05, 3.63) is 119 Å². The van der Waals surface area contributed by atoms with E-state index in [0.717, 1.165) is 12.2 Å². The van der Waals surface area contributed by atoms with Crippen molar-refractivity contribution in [3.63, 3.8) is 0 Å². The minimum absolute atomic E-state index is 0.0131. The maximum atomic E-state index is 12.5. The maximum Gasteiger partial charge on any atom is 0.418 e. The number of hydrazone groups is 2. The molecule has 0 amide bonds. The Morgan fingerprint density at radius 3 is 1.24 bits per heavy atom. The lowest BCUT2D eigenvalue weighted by molar-refractivity contribution is -0.0904. The van der Waals surface area contributed by atoms with Gasteiger partial charge in [0.05, 0.1) is 22.6 Å². The van der Waals surface area contributed by atoms with Gasteiger partial charge in [0.2, 0.25) is 0 Å². The fraction of sp³-hybridized carbons (Fsp3) is 0.421. The molecule has 0 aromatic rings. The SMILES string of the molecule is C=C1C=C(C(F)(F)F)C(C(C)C)=CN1.C=C1C=C(C(F)(F)F)C(C(C)C)=NN1.C=C1C=C(C(F)F)C(C(C)C)=CN1.C=C1C=C(C(F)F)C(C(C)C)=NN1. The minimum Gasteiger partial charge on any atom is -0.362 e. The van der Waals surface area contributed by atoms with Crippen LogP contribution in [0.4, 0.5) is 43.9 Å². The number of rotatable bonds is 6. The Hall–Kier alpha value is -4.76. The van der Waals surface area contributed by atoms with Gasteiger partial charge in [-0.05, 0) is 59.1 Å². The lowest BCUT2D eigenvalue weighted by atomic mass is 9.93. The third kappa shape index (κ3) is 14.6. The van der Waals surface area contributed by atoms with Gasteiger partial charge in [0.25, 0.3) is 12.9 Å². The number of dihydropyridines is 2. The van der Waals surface area contributed by atoms with Gasteiger partial charge in [-0.25, -0.2) is 17.6 Å². The molecule has 54 heavy (non-hydrogen) atoms. The molecule has 0 aromatic heterocycles. The van der Waals surface area contributed by atoms with Gasteiger partial charge in [-0.15, -0.1) is 0 Å². The molecule has 0 aliphatic carbocycles. The van der Waals surface area contributed by atoms with Crippen LogP contribution in [0.5, 0.6) is 0 Å². The Balaban J connectivity index is 0.000000360. The smallest absolute Gasteiger partial charge is 0.362 e. The highest BCUT2D eigenvalue weighted by Gasteiger charge is 2.39. The zero-order chi connectivity index (χ0) is 41.9. The molecule has 6 nitrogen and oxygen atoms in total. The Morgan fingerprint density at radius 2 is 0.833 bits per heavy atom. The van der Waals surface area contributed by atoms with Crippen LogP contribution in [0.1, 0.15) is 55.4 Å². The molecule has 0 atom stereocenters. The van der Waals surface area contributed by atoms with Gasteiger partial charge in [-0.1, -0.05) is 81.7 Å². The van der Waals surface area contributed by atoms with Crippen LogP contribution in [0.2, 0.25) is 0 Å². The maximum absolute atomic E-state index is 12.5. The quantitative estimate of drug-likeness (QED) is 0.203. The molecule has 300 valence electrons. The van der Waals surface area contributed by atoms with Crippen molar-refractivity contribution in [2.24, 2.45) is 33.9 Å². The average Bonchev–Trinajstić information content (AvgIpc) is 3.04. The largest absolute Gasteiger partial charge is 0.418 e. The van der Waals surface area contributed by atoms with Crippen LogP contribution in [-0.2, 0) is 0 Å². The van der Waals surface area contributed by atoms with Crippen LogP contribution in [0.25, 0.3) is 0 Å². The van der Waals surface area contributed by atoms with Crippen molar-refractivity contribution in [2.75, 3.05) is 0 Å². The Kier molecular flexibility index (Phi) is 17.6. The van der Waals surface area contributed by atoms with Gasteiger partial charge >= 0.3 is 12.4 Å². The summed E-state index contributed by atoms with van der Waals surface area (Å²) in [4.78, 5) is 0. The Bertz CT molecular complexity index is 1540. The van der Waals surface area contributed by atoms with Crippen LogP contribution >= 0.6 is 0 Å². The number of nitrogens with zero attached hydrogens (tertiary/aromatic N) is 2. The van der Waals surface area contributed by atoms with Crippen molar-refractivity contribution >= 4 is 11.4 Å². The number of halogens is 10. The van der Waals surface area contributed by atoms with E-state index >= 15 is 0 Å². The topological polar surface area (TPSA) is 72.8 Å². The second kappa shape index (κ2) is 20.1. The zero-order valence-electron chi connectivity index (χ0n) is 31.4. The van der Waals surface area contributed by atoms with Crippen molar-refractivity contribution in [3.8, 4) is 0 Å². The highest BCUT2D eigenvalue weighted by atomic mass is 19.4. The molecule has 0 unspecified atom stereocenters. The van der Waals surface area contributed by atoms with Crippen LogP contribution in [-0.4, -0.2) is 36.6 Å². The van der Waals surface area contributed by atoms with Crippen molar-refractivity contribution in [1.29, 1.82) is 0 Å². The average molecular weight is 779 g/mol. The van der Waals surface area contributed by atoms with Crippen LogP contribution in [0.3, 0.4) is 0 Å². The summed E-state index contributed by atoms with van der Waals surface area (Å²) in [5.41, 5.74) is 6.44. The van der Waals surface area contributed by atoms with Gasteiger partial charge < -0.3 is 10.6 Å². The standard InChI is InChI=1S/C10H12F3N.C10H13F2N.C9H11F3N2.C9H12F2N2/c1-6(2)8-5-14-7(3)4-9(8)10(11,12)13;1-6(2)9-5-13-7(3)4-8(9)10(11)12;1-5(2)8-7(9(10,11)12)4-6(3)13-14-8;1-5(2)8-7(9(10)11)4-6(3)12-13-8/h4-6,14H,3H2,1-2H3;4-6,10,13H,3H2,1-2H3;4-5,13H,3H2,1-2H3;4-5,9,12H,3H2,1-2H3. The molecule has 0 spiro atoms. The second-order valence-corrected chi connectivity index (χ2v) is 13.3. The van der Waals surface area contributed by atoms with E-state index in [0.29, 0.717) is 22.7 Å². The molecule has 0 radical (unpaired) electrons. The predicted octanol–water partition coefficient (Wildman–Crippen LogP) is 10.9. The first-order chi connectivity index (χ1) is 24.7. The molecule has 4 heterocycles. The van der Waals surface area contributed by atoms with E-state index in [-0.39, 0.29) is 57.5 Å². The number of nitrogens with one attached hydrogen (secondary N) is 4. The van der Waals surface area contributed by atoms with Gasteiger partial charge in [0.1, 0.15) is 0 Å². The molecule has 4 rings (SSSR count). The summed E-state index contributed by atoms with van der Waals surface area (Å²) in [6, 6.07) is 0. The molecule has 4 aliphatic rings. The first-order valence-electron chi connectivity index (χ1n) is 16.6. The predicted molar refractivity (Wildman–Crippen MR) is 196 cm³/mol. The fourth-order valence-corrected chi connectivity index (χ4v) is 4.79. The third-order valence-corrected chi connectivity index (χ3v) is 7.40. The minimum atomic E-state index is -4.37. The Labute approximate surface area is 310 Å². The zero-order valence-corrected chi connectivity index (χ0v) is 31.4. The number of allylic oxidation sites excluding steroid dienone is 10. The summed E-state index contributed by atoms with van der Waals surface area (Å²) in [5, 5.41) is 13.0. The van der Waals surface area contributed by atoms with Gasteiger partial charge in [-0.2, -0.15) is 36.5 Å². The van der Waals surface area contributed by atoms with Crippen molar-refractivity contribution < 1.29 is 43.9 Å². The molecular formula is C38H48F10N6. The fourth-order valence-electron chi connectivity index (χ4n) is 4.79. The highest BCUT2D eigenvalue weighted by molar-refractivity contribution is 6.03. The first-order valence-corrected chi connectivity index (χ1v) is 16.6. The lowest BCUT2D eigenvalue weighted by Gasteiger charge is -2.22. The van der Waals surface area contributed by atoms with Crippen LogP contribution in [0.15, 0.2) is 129 Å². The van der Waals surface area contributed by atoms with E-state index in [1.54, 1.807) is 33.9 Å². The van der Waals surface area contributed by atoms with Gasteiger partial charge in [0.15, 0.2) is 0 Å². The molecule has 0 bridgehead atoms. The summed E-state index contributed by atoms with van der Waals surface area (Å²) in [7, 11) is 0. The summed E-state index contributed by atoms with van der Waals surface area (Å²) < 4.78 is 125. The highest BCUT2D eigenvalue weighted by Crippen LogP contribution is 2.36. The number of alkyl halides is 10. The molecular weight excluding hydrogens is 730 g/mol. The van der Waals surface area contributed by atoms with E-state index in [4.69, 9.17) is 0 Å². The van der Waals surface area contributed by atoms with Gasteiger partial charge in [0, 0.05) is 46.3 Å². The van der Waals surface area contributed by atoms with E-state index in [2.05, 4.69) is 58.0 Å². The molecule has 0 saturated heterocycles. The van der Waals surface area contributed by atoms with E-state index in [9.17, 15) is 43.9 Å². The van der Waals surface area contributed by atoms with Crippen molar-refractivity contribution in [1.82, 2.24) is 21.5 Å². The van der Waals surface area contributed by atoms with E-state index in [1.165, 1.54) is 18.4 Å². The molecule has 4 N–H and O–H groups in total. The second-order valence-electron chi connectivity index (χ2n) is 13.3. The molecule has 16 heteroatoms. The molecule has 0 aromatic carbocycles. The number of hydrogen-bond donors (Lipinski definition) is 4. The molecule has 0 fully saturated rings. The molecule has 0 saturated carbocycles. The van der Waals surface area contributed by atoms with E-state index < -0.39 is 36.3 Å². The molecule has 4 aliphatic heterocycles. The first kappa shape index (κ1) is 47.3.